The van der Waals surface area contributed by atoms with Gasteiger partial charge in [0.25, 0.3) is 5.24 Å². The van der Waals surface area contributed by atoms with Crippen LogP contribution in [0.15, 0.2) is 0 Å². The number of rotatable bonds is 1. The highest BCUT2D eigenvalue weighted by atomic mass is 32.2. The number of hydrogen-bond donors (Lipinski definition) is 2. The highest BCUT2D eigenvalue weighted by Gasteiger charge is 1.98. The van der Waals surface area contributed by atoms with Crippen LogP contribution in [0.4, 0.5) is 4.79 Å². The third kappa shape index (κ3) is 5.58. The molecule has 0 radical (unpaired) electrons. The summed E-state index contributed by atoms with van der Waals surface area (Å²) in [6, 6.07) is 0. The first-order chi connectivity index (χ1) is 4.16. The summed E-state index contributed by atoms with van der Waals surface area (Å²) in [4.78, 5) is 10.5. The van der Waals surface area contributed by atoms with E-state index in [4.69, 9.17) is 5.73 Å². The average Bonchev–Trinajstić information content (AvgIpc) is 1.63. The van der Waals surface area contributed by atoms with Crippen molar-refractivity contribution in [2.45, 2.75) is 6.92 Å². The number of thiocarbonyl (C=S) groups is 1. The Kier molecular flexibility index (Phi) is 4.43. The predicted molar refractivity (Wildman–Crippen MR) is 43.4 cm³/mol. The van der Waals surface area contributed by atoms with Crippen LogP contribution < -0.4 is 11.1 Å². The van der Waals surface area contributed by atoms with Gasteiger partial charge >= 0.3 is 0 Å². The van der Waals surface area contributed by atoms with Crippen molar-refractivity contribution in [1.82, 2.24) is 5.32 Å². The number of amides is 1. The molecule has 0 aromatic carbocycles. The first-order valence-corrected chi connectivity index (χ1v) is 3.79. The Balaban J connectivity index is 3.39. The Labute approximate surface area is 63.4 Å². The summed E-state index contributed by atoms with van der Waals surface area (Å²) in [6.45, 7) is 1.88. The van der Waals surface area contributed by atoms with Crippen molar-refractivity contribution < 1.29 is 4.79 Å². The van der Waals surface area contributed by atoms with Gasteiger partial charge in [0.1, 0.15) is 0 Å². The van der Waals surface area contributed by atoms with E-state index in [-0.39, 0.29) is 10.4 Å². The van der Waals surface area contributed by atoms with E-state index >= 15 is 0 Å². The molecule has 0 saturated carbocycles. The lowest BCUT2D eigenvalue weighted by Gasteiger charge is -1.97. The first kappa shape index (κ1) is 8.71. The summed E-state index contributed by atoms with van der Waals surface area (Å²) >= 11 is 5.56. The molecule has 0 rings (SSSR count). The van der Waals surface area contributed by atoms with Gasteiger partial charge in [0, 0.05) is 0 Å². The van der Waals surface area contributed by atoms with Crippen molar-refractivity contribution in [3.63, 3.8) is 0 Å². The van der Waals surface area contributed by atoms with Crippen molar-refractivity contribution in [2.75, 3.05) is 5.75 Å². The van der Waals surface area contributed by atoms with Crippen molar-refractivity contribution in [1.29, 1.82) is 0 Å². The minimum Gasteiger partial charge on any atom is -0.376 e. The third-order valence-electron chi connectivity index (χ3n) is 0.501. The second-order valence-corrected chi connectivity index (χ2v) is 2.89. The van der Waals surface area contributed by atoms with Crippen molar-refractivity contribution in [3.05, 3.63) is 0 Å². The summed E-state index contributed by atoms with van der Waals surface area (Å²) in [5.41, 5.74) is 5.01. The molecule has 0 saturated heterocycles. The summed E-state index contributed by atoms with van der Waals surface area (Å²) in [7, 11) is 0. The van der Waals surface area contributed by atoms with Crippen LogP contribution in [0.2, 0.25) is 0 Å². The molecule has 0 aliphatic heterocycles. The van der Waals surface area contributed by atoms with Crippen LogP contribution in [0.25, 0.3) is 0 Å². The molecule has 52 valence electrons. The standard InChI is InChI=1S/C4H8N2OS2/c1-2-9-4(7)6-3(5)8/h2H2,1H3,(H3,5,6,7,8). The minimum absolute atomic E-state index is 0.0287. The number of thioether (sulfide) groups is 1. The highest BCUT2D eigenvalue weighted by Crippen LogP contribution is 1.97. The van der Waals surface area contributed by atoms with E-state index in [1.807, 2.05) is 6.92 Å². The number of carbonyl (C=O) groups excluding carboxylic acids is 1. The van der Waals surface area contributed by atoms with E-state index < -0.39 is 0 Å². The molecule has 3 N–H and O–H groups in total. The Bertz CT molecular complexity index is 126. The van der Waals surface area contributed by atoms with Gasteiger partial charge < -0.3 is 5.73 Å². The molecule has 9 heavy (non-hydrogen) atoms. The van der Waals surface area contributed by atoms with E-state index in [0.29, 0.717) is 0 Å². The van der Waals surface area contributed by atoms with Gasteiger partial charge in [-0.3, -0.25) is 10.1 Å². The van der Waals surface area contributed by atoms with E-state index in [1.165, 1.54) is 0 Å². The largest absolute Gasteiger partial charge is 0.376 e. The van der Waals surface area contributed by atoms with Crippen LogP contribution >= 0.6 is 24.0 Å². The zero-order valence-electron chi connectivity index (χ0n) is 5.01. The Morgan fingerprint density at radius 3 is 2.78 bits per heavy atom. The summed E-state index contributed by atoms with van der Waals surface area (Å²) in [5.74, 6) is 0.731. The van der Waals surface area contributed by atoms with E-state index in [0.717, 1.165) is 17.5 Å². The molecule has 1 amide bonds. The van der Waals surface area contributed by atoms with Gasteiger partial charge in [0.15, 0.2) is 5.11 Å². The number of hydrogen-bond acceptors (Lipinski definition) is 3. The fraction of sp³-hybridized carbons (Fsp3) is 0.500. The topological polar surface area (TPSA) is 55.1 Å². The molecule has 0 aliphatic rings. The molecule has 0 heterocycles. The van der Waals surface area contributed by atoms with Gasteiger partial charge in [-0.25, -0.2) is 0 Å². The van der Waals surface area contributed by atoms with Crippen LogP contribution in [-0.2, 0) is 0 Å². The number of nitrogens with one attached hydrogen (secondary N) is 1. The average molecular weight is 164 g/mol. The van der Waals surface area contributed by atoms with Crippen molar-refractivity contribution in [3.8, 4) is 0 Å². The number of nitrogens with two attached hydrogens (primary N) is 1. The second kappa shape index (κ2) is 4.58. The SMILES string of the molecule is CCSC(=O)NC(N)=S. The fourth-order valence-corrected chi connectivity index (χ4v) is 0.869. The molecule has 3 nitrogen and oxygen atoms in total. The highest BCUT2D eigenvalue weighted by molar-refractivity contribution is 8.13. The Hall–Kier alpha value is -0.290. The molecule has 5 heteroatoms. The molecule has 0 unspecified atom stereocenters. The lowest BCUT2D eigenvalue weighted by atomic mass is 11.0. The van der Waals surface area contributed by atoms with E-state index in [2.05, 4.69) is 17.5 Å². The quantitative estimate of drug-likeness (QED) is 0.560. The van der Waals surface area contributed by atoms with E-state index in [1.54, 1.807) is 0 Å². The van der Waals surface area contributed by atoms with Crippen LogP contribution in [0, 0.1) is 0 Å². The van der Waals surface area contributed by atoms with Gasteiger partial charge in [0.2, 0.25) is 0 Å². The molecule has 0 atom stereocenters. The van der Waals surface area contributed by atoms with Gasteiger partial charge in [-0.05, 0) is 18.0 Å². The third-order valence-corrected chi connectivity index (χ3v) is 1.26. The zero-order valence-corrected chi connectivity index (χ0v) is 6.64. The summed E-state index contributed by atoms with van der Waals surface area (Å²) in [5, 5.41) is 2.12. The fourth-order valence-electron chi connectivity index (χ4n) is 0.268. The molecule has 0 aliphatic carbocycles. The molecular weight excluding hydrogens is 156 g/mol. The smallest absolute Gasteiger partial charge is 0.285 e. The molecule has 0 aromatic heterocycles. The van der Waals surface area contributed by atoms with Gasteiger partial charge in [0.05, 0.1) is 0 Å². The monoisotopic (exact) mass is 164 g/mol. The maximum Gasteiger partial charge on any atom is 0.285 e. The van der Waals surface area contributed by atoms with Crippen LogP contribution in [-0.4, -0.2) is 16.1 Å². The summed E-state index contributed by atoms with van der Waals surface area (Å²) in [6.07, 6.45) is 0. The predicted octanol–water partition coefficient (Wildman–Crippen LogP) is 0.693. The minimum atomic E-state index is -0.190. The second-order valence-electron chi connectivity index (χ2n) is 1.21. The normalized spacial score (nSPS) is 8.56. The molecule has 0 spiro atoms. The zero-order chi connectivity index (χ0) is 7.28. The molecule has 0 aromatic rings. The van der Waals surface area contributed by atoms with Crippen LogP contribution in [0.1, 0.15) is 6.92 Å². The van der Waals surface area contributed by atoms with Crippen molar-refractivity contribution in [2.24, 2.45) is 5.73 Å². The first-order valence-electron chi connectivity index (χ1n) is 2.40. The lowest BCUT2D eigenvalue weighted by Crippen LogP contribution is -2.31. The summed E-state index contributed by atoms with van der Waals surface area (Å²) < 4.78 is 0. The van der Waals surface area contributed by atoms with E-state index in [9.17, 15) is 4.79 Å². The molecular formula is C4H8N2OS2. The van der Waals surface area contributed by atoms with Crippen molar-refractivity contribution >= 4 is 34.3 Å². The maximum atomic E-state index is 10.5. The maximum absolute atomic E-state index is 10.5. The van der Waals surface area contributed by atoms with Crippen LogP contribution in [0.3, 0.4) is 0 Å². The molecule has 0 fully saturated rings. The van der Waals surface area contributed by atoms with Gasteiger partial charge in [-0.2, -0.15) is 0 Å². The molecule has 0 bridgehead atoms. The lowest BCUT2D eigenvalue weighted by molar-refractivity contribution is 0.264. The van der Waals surface area contributed by atoms with Gasteiger partial charge in [-0.15, -0.1) is 0 Å². The Morgan fingerprint density at radius 2 is 2.44 bits per heavy atom. The van der Waals surface area contributed by atoms with Gasteiger partial charge in [-0.1, -0.05) is 18.7 Å². The Morgan fingerprint density at radius 1 is 1.89 bits per heavy atom. The van der Waals surface area contributed by atoms with Crippen LogP contribution in [0.5, 0.6) is 0 Å². The number of carbonyl (C=O) groups is 1.